The Kier molecular flexibility index (Phi) is 3.29. The zero-order chi connectivity index (χ0) is 13.3. The van der Waals surface area contributed by atoms with Crippen LogP contribution in [0.15, 0.2) is 18.5 Å². The molecular weight excluding hydrogens is 248 g/mol. The number of rotatable bonds is 2. The van der Waals surface area contributed by atoms with Gasteiger partial charge < -0.3 is 10.6 Å². The number of nitrogens with two attached hydrogens (primary N) is 1. The summed E-state index contributed by atoms with van der Waals surface area (Å²) in [7, 11) is 1.70. The lowest BCUT2D eigenvalue weighted by Crippen LogP contribution is -2.26. The molecule has 2 rings (SSSR count). The van der Waals surface area contributed by atoms with Crippen molar-refractivity contribution in [3.8, 4) is 0 Å². The van der Waals surface area contributed by atoms with Crippen LogP contribution in [0.1, 0.15) is 20.4 Å². The second-order valence-corrected chi connectivity index (χ2v) is 5.15. The molecule has 18 heavy (non-hydrogen) atoms. The molecule has 0 atom stereocenters. The number of carbonyl (C=O) groups excluding carboxylic acids is 1. The van der Waals surface area contributed by atoms with Crippen LogP contribution < -0.4 is 10.6 Å². The quantitative estimate of drug-likeness (QED) is 0.898. The Morgan fingerprint density at radius 2 is 2.17 bits per heavy atom. The maximum absolute atomic E-state index is 12.4. The summed E-state index contributed by atoms with van der Waals surface area (Å²) in [6, 6.07) is 1.72. The lowest BCUT2D eigenvalue weighted by Gasteiger charge is -2.18. The van der Waals surface area contributed by atoms with Crippen molar-refractivity contribution in [1.82, 2.24) is 9.97 Å². The summed E-state index contributed by atoms with van der Waals surface area (Å²) in [6.07, 6.45) is 3.14. The van der Waals surface area contributed by atoms with Gasteiger partial charge >= 0.3 is 0 Å². The van der Waals surface area contributed by atoms with Gasteiger partial charge in [0.15, 0.2) is 0 Å². The summed E-state index contributed by atoms with van der Waals surface area (Å²) in [5.41, 5.74) is 7.70. The van der Waals surface area contributed by atoms with Crippen molar-refractivity contribution in [3.05, 3.63) is 34.0 Å². The van der Waals surface area contributed by atoms with E-state index in [4.69, 9.17) is 5.73 Å². The monoisotopic (exact) mass is 262 g/mol. The van der Waals surface area contributed by atoms with Crippen LogP contribution in [-0.2, 0) is 0 Å². The number of thiazole rings is 1. The Labute approximate surface area is 109 Å². The van der Waals surface area contributed by atoms with Crippen LogP contribution in [0, 0.1) is 13.8 Å². The van der Waals surface area contributed by atoms with Crippen molar-refractivity contribution in [2.45, 2.75) is 13.8 Å². The van der Waals surface area contributed by atoms with E-state index in [-0.39, 0.29) is 5.91 Å². The van der Waals surface area contributed by atoms with Crippen molar-refractivity contribution in [2.24, 2.45) is 0 Å². The van der Waals surface area contributed by atoms with Crippen LogP contribution in [-0.4, -0.2) is 22.9 Å². The molecule has 0 fully saturated rings. The highest BCUT2D eigenvalue weighted by Crippen LogP contribution is 2.25. The average Bonchev–Trinajstić information content (AvgIpc) is 2.67. The number of nitrogens with zero attached hydrogens (tertiary/aromatic N) is 3. The molecule has 0 aromatic carbocycles. The molecule has 0 spiro atoms. The van der Waals surface area contributed by atoms with E-state index >= 15 is 0 Å². The molecule has 0 saturated carbocycles. The smallest absolute Gasteiger partial charge is 0.270 e. The van der Waals surface area contributed by atoms with Gasteiger partial charge in [-0.25, -0.2) is 4.98 Å². The third-order valence-electron chi connectivity index (χ3n) is 2.59. The molecule has 2 N–H and O–H groups in total. The summed E-state index contributed by atoms with van der Waals surface area (Å²) in [6.45, 7) is 3.72. The predicted octanol–water partition coefficient (Wildman–Crippen LogP) is 2.01. The molecule has 6 heteroatoms. The Bertz CT molecular complexity index is 594. The number of aryl methyl sites for hydroxylation is 2. The fraction of sp³-hybridized carbons (Fsp3) is 0.250. The van der Waals surface area contributed by atoms with Crippen molar-refractivity contribution in [2.75, 3.05) is 17.7 Å². The molecule has 0 bridgehead atoms. The Hall–Kier alpha value is -1.95. The first kappa shape index (κ1) is 12.5. The molecule has 5 nitrogen and oxygen atoms in total. The molecule has 2 aromatic rings. The minimum Gasteiger partial charge on any atom is -0.396 e. The topological polar surface area (TPSA) is 72.1 Å². The summed E-state index contributed by atoms with van der Waals surface area (Å²) in [5, 5.41) is 0.881. The van der Waals surface area contributed by atoms with Gasteiger partial charge in [-0.3, -0.25) is 9.78 Å². The molecule has 0 saturated heterocycles. The first-order chi connectivity index (χ1) is 8.50. The van der Waals surface area contributed by atoms with Crippen LogP contribution in [0.4, 0.5) is 11.4 Å². The largest absolute Gasteiger partial charge is 0.396 e. The molecule has 1 amide bonds. The fourth-order valence-electron chi connectivity index (χ4n) is 1.70. The fourth-order valence-corrected chi connectivity index (χ4v) is 2.59. The van der Waals surface area contributed by atoms with Crippen molar-refractivity contribution in [3.63, 3.8) is 0 Å². The molecule has 0 aliphatic heterocycles. The van der Waals surface area contributed by atoms with Crippen molar-refractivity contribution in [1.29, 1.82) is 0 Å². The molecule has 2 heterocycles. The first-order valence-corrected chi connectivity index (χ1v) is 6.24. The average molecular weight is 262 g/mol. The zero-order valence-electron chi connectivity index (χ0n) is 10.5. The predicted molar refractivity (Wildman–Crippen MR) is 73.0 cm³/mol. The molecular formula is C12H14N4OS. The van der Waals surface area contributed by atoms with Gasteiger partial charge in [-0.1, -0.05) is 0 Å². The van der Waals surface area contributed by atoms with E-state index in [0.717, 1.165) is 10.7 Å². The Morgan fingerprint density at radius 1 is 1.44 bits per heavy atom. The number of amides is 1. The number of carbonyl (C=O) groups is 1. The lowest BCUT2D eigenvalue weighted by atomic mass is 10.3. The minimum atomic E-state index is -0.101. The van der Waals surface area contributed by atoms with Crippen molar-refractivity contribution >= 4 is 28.6 Å². The Balaban J connectivity index is 2.35. The van der Waals surface area contributed by atoms with Gasteiger partial charge in [-0.05, 0) is 19.9 Å². The van der Waals surface area contributed by atoms with Gasteiger partial charge in [0.05, 0.1) is 28.3 Å². The first-order valence-electron chi connectivity index (χ1n) is 5.42. The highest BCUT2D eigenvalue weighted by atomic mass is 32.1. The summed E-state index contributed by atoms with van der Waals surface area (Å²) in [5.74, 6) is -0.101. The van der Waals surface area contributed by atoms with E-state index in [1.54, 1.807) is 19.3 Å². The molecule has 0 unspecified atom stereocenters. The molecule has 0 aliphatic carbocycles. The van der Waals surface area contributed by atoms with Gasteiger partial charge in [-0.2, -0.15) is 0 Å². The Morgan fingerprint density at radius 3 is 2.72 bits per heavy atom. The number of pyridine rings is 1. The van der Waals surface area contributed by atoms with E-state index in [1.807, 2.05) is 13.8 Å². The normalized spacial score (nSPS) is 10.4. The van der Waals surface area contributed by atoms with E-state index in [1.165, 1.54) is 22.4 Å². The minimum absolute atomic E-state index is 0.101. The van der Waals surface area contributed by atoms with Gasteiger partial charge in [0.1, 0.15) is 4.88 Å². The van der Waals surface area contributed by atoms with Crippen LogP contribution in [0.2, 0.25) is 0 Å². The van der Waals surface area contributed by atoms with Gasteiger partial charge in [0.25, 0.3) is 5.91 Å². The van der Waals surface area contributed by atoms with Crippen LogP contribution in [0.3, 0.4) is 0 Å². The van der Waals surface area contributed by atoms with E-state index in [0.29, 0.717) is 16.3 Å². The van der Waals surface area contributed by atoms with Crippen molar-refractivity contribution < 1.29 is 4.79 Å². The highest BCUT2D eigenvalue weighted by molar-refractivity contribution is 7.13. The van der Waals surface area contributed by atoms with Gasteiger partial charge in [0, 0.05) is 13.2 Å². The summed E-state index contributed by atoms with van der Waals surface area (Å²) in [4.78, 5) is 22.7. The summed E-state index contributed by atoms with van der Waals surface area (Å²) >= 11 is 1.39. The lowest BCUT2D eigenvalue weighted by molar-refractivity contribution is 0.0996. The van der Waals surface area contributed by atoms with E-state index in [9.17, 15) is 4.79 Å². The number of hydrogen-bond acceptors (Lipinski definition) is 5. The zero-order valence-corrected chi connectivity index (χ0v) is 11.3. The summed E-state index contributed by atoms with van der Waals surface area (Å²) < 4.78 is 0. The van der Waals surface area contributed by atoms with Gasteiger partial charge in [-0.15, -0.1) is 11.3 Å². The number of nitrogen functional groups attached to an aromatic ring is 1. The van der Waals surface area contributed by atoms with E-state index < -0.39 is 0 Å². The second-order valence-electron chi connectivity index (χ2n) is 3.95. The third-order valence-corrected chi connectivity index (χ3v) is 3.65. The van der Waals surface area contributed by atoms with E-state index in [2.05, 4.69) is 9.97 Å². The maximum atomic E-state index is 12.4. The molecule has 2 aromatic heterocycles. The standard InChI is InChI=1S/C12H14N4OS/c1-7-11(18-8(2)15-7)12(17)16(3)10-4-5-14-6-9(10)13/h4-6H,13H2,1-3H3. The van der Waals surface area contributed by atoms with Crippen LogP contribution in [0.5, 0.6) is 0 Å². The van der Waals surface area contributed by atoms with Crippen LogP contribution >= 0.6 is 11.3 Å². The number of aromatic nitrogens is 2. The maximum Gasteiger partial charge on any atom is 0.270 e. The highest BCUT2D eigenvalue weighted by Gasteiger charge is 2.20. The van der Waals surface area contributed by atoms with Gasteiger partial charge in [0.2, 0.25) is 0 Å². The van der Waals surface area contributed by atoms with Crippen LogP contribution in [0.25, 0.3) is 0 Å². The molecule has 0 radical (unpaired) electrons. The second kappa shape index (κ2) is 4.73. The number of hydrogen-bond donors (Lipinski definition) is 1. The molecule has 0 aliphatic rings. The SMILES string of the molecule is Cc1nc(C)c(C(=O)N(C)c2ccncc2N)s1. The molecule has 94 valence electrons. The number of anilines is 2. The third kappa shape index (κ3) is 2.19.